The van der Waals surface area contributed by atoms with Gasteiger partial charge in [0.05, 0.1) is 39.9 Å². The largest absolute Gasteiger partial charge is 0.493 e. The van der Waals surface area contributed by atoms with Gasteiger partial charge in [-0.2, -0.15) is 0 Å². The van der Waals surface area contributed by atoms with E-state index in [1.165, 1.54) is 20.6 Å². The number of carbonyl (C=O) groups is 2. The Hall–Kier alpha value is -2.28. The Kier molecular flexibility index (Phi) is 8.39. The number of benzene rings is 1. The van der Waals surface area contributed by atoms with E-state index in [4.69, 9.17) is 18.9 Å². The van der Waals surface area contributed by atoms with Gasteiger partial charge >= 0.3 is 5.97 Å². The fourth-order valence-electron chi connectivity index (χ4n) is 3.23. The predicted molar refractivity (Wildman–Crippen MR) is 99.9 cm³/mol. The van der Waals surface area contributed by atoms with Crippen LogP contribution in [0.2, 0.25) is 0 Å². The lowest BCUT2D eigenvalue weighted by Crippen LogP contribution is -2.34. The zero-order valence-electron chi connectivity index (χ0n) is 16.3. The van der Waals surface area contributed by atoms with Crippen LogP contribution in [0.5, 0.6) is 11.5 Å². The van der Waals surface area contributed by atoms with Gasteiger partial charge in [-0.1, -0.05) is 25.3 Å². The molecule has 1 unspecified atom stereocenters. The van der Waals surface area contributed by atoms with Crippen molar-refractivity contribution >= 4 is 11.9 Å². The molecule has 0 aromatic heterocycles. The summed E-state index contributed by atoms with van der Waals surface area (Å²) < 4.78 is 21.0. The van der Waals surface area contributed by atoms with Gasteiger partial charge in [0.1, 0.15) is 6.61 Å². The molecule has 1 N–H and O–H groups in total. The summed E-state index contributed by atoms with van der Waals surface area (Å²) >= 11 is 0. The molecule has 150 valence electrons. The summed E-state index contributed by atoms with van der Waals surface area (Å²) in [6.07, 6.45) is 5.66. The van der Waals surface area contributed by atoms with Gasteiger partial charge in [0.15, 0.2) is 11.5 Å². The third kappa shape index (κ3) is 6.43. The van der Waals surface area contributed by atoms with Crippen molar-refractivity contribution in [1.29, 1.82) is 0 Å². The first kappa shape index (κ1) is 21.0. The molecule has 0 saturated heterocycles. The van der Waals surface area contributed by atoms with Crippen molar-refractivity contribution in [3.63, 3.8) is 0 Å². The summed E-state index contributed by atoms with van der Waals surface area (Å²) in [5.74, 6) is 0.426. The number of esters is 1. The zero-order valence-corrected chi connectivity index (χ0v) is 16.3. The molecule has 0 aliphatic heterocycles. The van der Waals surface area contributed by atoms with E-state index in [-0.39, 0.29) is 25.0 Å². The maximum absolute atomic E-state index is 12.4. The highest BCUT2D eigenvalue weighted by Gasteiger charge is 2.22. The maximum Gasteiger partial charge on any atom is 0.307 e. The lowest BCUT2D eigenvalue weighted by Gasteiger charge is -2.23. The molecule has 7 heteroatoms. The molecule has 2 rings (SSSR count). The minimum atomic E-state index is -0.542. The van der Waals surface area contributed by atoms with Crippen molar-refractivity contribution in [3.05, 3.63) is 23.8 Å². The van der Waals surface area contributed by atoms with Crippen molar-refractivity contribution in [2.24, 2.45) is 0 Å². The molecule has 7 nitrogen and oxygen atoms in total. The molecule has 0 bridgehead atoms. The van der Waals surface area contributed by atoms with Crippen LogP contribution in [-0.2, 0) is 19.1 Å². The van der Waals surface area contributed by atoms with Gasteiger partial charge in [-0.3, -0.25) is 9.59 Å². The van der Waals surface area contributed by atoms with Crippen LogP contribution >= 0.6 is 0 Å². The summed E-state index contributed by atoms with van der Waals surface area (Å²) in [7, 11) is 4.41. The van der Waals surface area contributed by atoms with Gasteiger partial charge in [0, 0.05) is 0 Å². The molecule has 1 saturated carbocycles. The molecule has 1 aliphatic carbocycles. The normalized spacial score (nSPS) is 15.7. The molecule has 1 aliphatic rings. The summed E-state index contributed by atoms with van der Waals surface area (Å²) in [6.45, 7) is -0.0182. The van der Waals surface area contributed by atoms with Gasteiger partial charge in [0.2, 0.25) is 5.91 Å². The Morgan fingerprint density at radius 3 is 2.41 bits per heavy atom. The molecule has 0 spiro atoms. The Labute approximate surface area is 160 Å². The van der Waals surface area contributed by atoms with E-state index >= 15 is 0 Å². The van der Waals surface area contributed by atoms with Crippen molar-refractivity contribution in [1.82, 2.24) is 5.32 Å². The van der Waals surface area contributed by atoms with Crippen LogP contribution in [0.25, 0.3) is 0 Å². The van der Waals surface area contributed by atoms with E-state index in [9.17, 15) is 9.59 Å². The maximum atomic E-state index is 12.4. The van der Waals surface area contributed by atoms with E-state index in [1.54, 1.807) is 25.3 Å². The fourth-order valence-corrected chi connectivity index (χ4v) is 3.23. The molecule has 1 fully saturated rings. The molecule has 1 amide bonds. The first-order valence-corrected chi connectivity index (χ1v) is 9.27. The summed E-state index contributed by atoms with van der Waals surface area (Å²) in [5.41, 5.74) is 0.726. The molecule has 1 aromatic carbocycles. The molecule has 27 heavy (non-hydrogen) atoms. The first-order chi connectivity index (χ1) is 13.1. The molecule has 1 aromatic rings. The smallest absolute Gasteiger partial charge is 0.307 e. The van der Waals surface area contributed by atoms with Crippen LogP contribution in [0.15, 0.2) is 18.2 Å². The number of rotatable bonds is 9. The third-order valence-electron chi connectivity index (χ3n) is 4.75. The lowest BCUT2D eigenvalue weighted by molar-refractivity contribution is -0.141. The van der Waals surface area contributed by atoms with E-state index in [0.29, 0.717) is 11.5 Å². The number of hydrogen-bond donors (Lipinski definition) is 1. The monoisotopic (exact) mass is 379 g/mol. The predicted octanol–water partition coefficient (Wildman–Crippen LogP) is 2.77. The SMILES string of the molecule is COC(=O)CC(NC(=O)COC1CCCCC1)c1ccc(OC)c(OC)c1. The zero-order chi connectivity index (χ0) is 19.6. The minimum absolute atomic E-state index is 0.0150. The van der Waals surface area contributed by atoms with Crippen molar-refractivity contribution in [2.75, 3.05) is 27.9 Å². The number of hydrogen-bond acceptors (Lipinski definition) is 6. The quantitative estimate of drug-likeness (QED) is 0.665. The number of amides is 1. The summed E-state index contributed by atoms with van der Waals surface area (Å²) in [4.78, 5) is 24.2. The second-order valence-corrected chi connectivity index (χ2v) is 6.59. The van der Waals surface area contributed by atoms with Crippen LogP contribution in [0, 0.1) is 0 Å². The molecule has 0 heterocycles. The van der Waals surface area contributed by atoms with Crippen molar-refractivity contribution < 1.29 is 28.5 Å². The van der Waals surface area contributed by atoms with E-state index in [0.717, 1.165) is 31.2 Å². The Balaban J connectivity index is 2.04. The van der Waals surface area contributed by atoms with Gasteiger partial charge < -0.3 is 24.3 Å². The van der Waals surface area contributed by atoms with Crippen LogP contribution in [-0.4, -0.2) is 45.9 Å². The highest BCUT2D eigenvalue weighted by atomic mass is 16.5. The summed E-state index contributed by atoms with van der Waals surface area (Å²) in [5, 5.41) is 2.87. The third-order valence-corrected chi connectivity index (χ3v) is 4.75. The lowest BCUT2D eigenvalue weighted by atomic mass is 9.98. The van der Waals surface area contributed by atoms with Gasteiger partial charge in [-0.15, -0.1) is 0 Å². The standard InChI is InChI=1S/C20H29NO6/c1-24-17-10-9-14(11-18(17)25-2)16(12-20(23)26-3)21-19(22)13-27-15-7-5-4-6-8-15/h9-11,15-16H,4-8,12-13H2,1-3H3,(H,21,22). The van der Waals surface area contributed by atoms with Crippen LogP contribution in [0.4, 0.5) is 0 Å². The number of nitrogens with one attached hydrogen (secondary N) is 1. The van der Waals surface area contributed by atoms with Gasteiger partial charge in [-0.25, -0.2) is 0 Å². The van der Waals surface area contributed by atoms with Crippen LogP contribution in [0.1, 0.15) is 50.1 Å². The number of methoxy groups -OCH3 is 3. The van der Waals surface area contributed by atoms with Crippen LogP contribution < -0.4 is 14.8 Å². The second-order valence-electron chi connectivity index (χ2n) is 6.59. The topological polar surface area (TPSA) is 83.1 Å². The highest BCUT2D eigenvalue weighted by molar-refractivity contribution is 5.79. The molecular formula is C20H29NO6. The average Bonchev–Trinajstić information content (AvgIpc) is 2.71. The Bertz CT molecular complexity index is 627. The number of ether oxygens (including phenoxy) is 4. The molecule has 1 atom stereocenters. The van der Waals surface area contributed by atoms with Crippen LogP contribution in [0.3, 0.4) is 0 Å². The van der Waals surface area contributed by atoms with Gasteiger partial charge in [-0.05, 0) is 30.5 Å². The van der Waals surface area contributed by atoms with Crippen molar-refractivity contribution in [3.8, 4) is 11.5 Å². The van der Waals surface area contributed by atoms with E-state index < -0.39 is 12.0 Å². The highest BCUT2D eigenvalue weighted by Crippen LogP contribution is 2.31. The summed E-state index contributed by atoms with van der Waals surface area (Å²) in [6, 6.07) is 4.73. The molecule has 0 radical (unpaired) electrons. The fraction of sp³-hybridized carbons (Fsp3) is 0.600. The Morgan fingerprint density at radius 1 is 1.07 bits per heavy atom. The molecular weight excluding hydrogens is 350 g/mol. The van der Waals surface area contributed by atoms with Crippen molar-refractivity contribution in [2.45, 2.75) is 50.7 Å². The Morgan fingerprint density at radius 2 is 1.78 bits per heavy atom. The average molecular weight is 379 g/mol. The van der Waals surface area contributed by atoms with E-state index in [2.05, 4.69) is 5.32 Å². The number of carbonyl (C=O) groups excluding carboxylic acids is 2. The van der Waals surface area contributed by atoms with Gasteiger partial charge in [0.25, 0.3) is 0 Å². The first-order valence-electron chi connectivity index (χ1n) is 9.27. The second kappa shape index (κ2) is 10.8. The van der Waals surface area contributed by atoms with E-state index in [1.807, 2.05) is 0 Å². The minimum Gasteiger partial charge on any atom is -0.493 e.